The first-order chi connectivity index (χ1) is 13.5. The Morgan fingerprint density at radius 1 is 1.32 bits per heavy atom. The molecule has 0 atom stereocenters. The fourth-order valence-corrected chi connectivity index (χ4v) is 3.45. The van der Waals surface area contributed by atoms with Crippen LogP contribution in [0.4, 0.5) is 4.39 Å². The predicted octanol–water partition coefficient (Wildman–Crippen LogP) is 3.86. The molecule has 4 aromatic rings. The molecule has 8 heteroatoms. The van der Waals surface area contributed by atoms with Gasteiger partial charge in [0.15, 0.2) is 29.3 Å². The number of rotatable bonds is 2. The minimum absolute atomic E-state index is 0.0714. The average Bonchev–Trinajstić information content (AvgIpc) is 3.13. The molecular weight excluding hydrogens is 367 g/mol. The smallest absolute Gasteiger partial charge is 0.343 e. The molecule has 0 aliphatic carbocycles. The van der Waals surface area contributed by atoms with Crippen molar-refractivity contribution in [3.63, 3.8) is 0 Å². The maximum atomic E-state index is 14.8. The Labute approximate surface area is 156 Å². The highest BCUT2D eigenvalue weighted by atomic mass is 19.1. The van der Waals surface area contributed by atoms with Crippen LogP contribution in [0.15, 0.2) is 40.0 Å². The second-order valence-corrected chi connectivity index (χ2v) is 6.44. The van der Waals surface area contributed by atoms with Crippen LogP contribution in [0.1, 0.15) is 22.8 Å². The van der Waals surface area contributed by atoms with Crippen LogP contribution in [-0.4, -0.2) is 22.1 Å². The van der Waals surface area contributed by atoms with E-state index in [1.54, 1.807) is 23.6 Å². The molecule has 0 N–H and O–H groups in total. The van der Waals surface area contributed by atoms with Crippen LogP contribution in [0.3, 0.4) is 0 Å². The number of benzene rings is 2. The Kier molecular flexibility index (Phi) is 3.33. The molecule has 0 radical (unpaired) electrons. The number of hydrogen-bond donors (Lipinski definition) is 0. The van der Waals surface area contributed by atoms with Gasteiger partial charge in [-0.15, -0.1) is 0 Å². The number of pyridine rings is 1. The van der Waals surface area contributed by atoms with Gasteiger partial charge in [0.25, 0.3) is 0 Å². The van der Waals surface area contributed by atoms with E-state index in [1.807, 2.05) is 0 Å². The van der Waals surface area contributed by atoms with Crippen molar-refractivity contribution in [1.29, 1.82) is 0 Å². The lowest BCUT2D eigenvalue weighted by molar-refractivity contribution is 0.0524. The standard InChI is InChI=1S/C20H13FN2O5/c1-3-26-20(25)11-7-23-13-6-14-12(22-8-27-14)5-15(13)28-19-16(21)9(2)4-10(17(19)23)18(11)24/h4-8H,3H2,1-2H3. The molecule has 0 saturated heterocycles. The van der Waals surface area contributed by atoms with Gasteiger partial charge < -0.3 is 18.5 Å². The number of nitrogens with zero attached hydrogens (tertiary/aromatic N) is 2. The van der Waals surface area contributed by atoms with Gasteiger partial charge >= 0.3 is 5.97 Å². The third-order valence-electron chi connectivity index (χ3n) is 4.74. The molecule has 0 bridgehead atoms. The summed E-state index contributed by atoms with van der Waals surface area (Å²) < 4.78 is 32.6. The largest absolute Gasteiger partial charge is 0.462 e. The van der Waals surface area contributed by atoms with Gasteiger partial charge in [0.2, 0.25) is 5.43 Å². The summed E-state index contributed by atoms with van der Waals surface area (Å²) in [7, 11) is 0. The molecular formula is C20H13FN2O5. The topological polar surface area (TPSA) is 83.6 Å². The molecule has 2 aromatic carbocycles. The molecule has 3 heterocycles. The highest BCUT2D eigenvalue weighted by Crippen LogP contribution is 2.43. The van der Waals surface area contributed by atoms with Crippen LogP contribution in [0.2, 0.25) is 0 Å². The van der Waals surface area contributed by atoms with Gasteiger partial charge in [0, 0.05) is 18.3 Å². The lowest BCUT2D eigenvalue weighted by Crippen LogP contribution is -2.22. The van der Waals surface area contributed by atoms with Crippen LogP contribution in [0.5, 0.6) is 11.5 Å². The van der Waals surface area contributed by atoms with E-state index in [-0.39, 0.29) is 34.4 Å². The van der Waals surface area contributed by atoms with Crippen molar-refractivity contribution in [2.45, 2.75) is 13.8 Å². The van der Waals surface area contributed by atoms with E-state index in [4.69, 9.17) is 13.9 Å². The molecule has 7 nitrogen and oxygen atoms in total. The summed E-state index contributed by atoms with van der Waals surface area (Å²) in [5, 5.41) is 0.169. The Bertz CT molecular complexity index is 1370. The quantitative estimate of drug-likeness (QED) is 0.433. The van der Waals surface area contributed by atoms with Crippen LogP contribution in [0.25, 0.3) is 27.7 Å². The van der Waals surface area contributed by atoms with Crippen molar-refractivity contribution >= 4 is 28.0 Å². The number of hydrogen-bond acceptors (Lipinski definition) is 6. The number of halogens is 1. The van der Waals surface area contributed by atoms with E-state index in [2.05, 4.69) is 4.98 Å². The number of esters is 1. The lowest BCUT2D eigenvalue weighted by atomic mass is 10.0. The summed E-state index contributed by atoms with van der Waals surface area (Å²) in [5.74, 6) is -1.05. The lowest BCUT2D eigenvalue weighted by Gasteiger charge is -2.24. The number of carbonyl (C=O) groups is 1. The normalized spacial score (nSPS) is 12.1. The molecule has 28 heavy (non-hydrogen) atoms. The first-order valence-electron chi connectivity index (χ1n) is 8.60. The van der Waals surface area contributed by atoms with Gasteiger partial charge in [-0.3, -0.25) is 4.79 Å². The Morgan fingerprint density at radius 2 is 2.14 bits per heavy atom. The van der Waals surface area contributed by atoms with Gasteiger partial charge in [-0.25, -0.2) is 14.2 Å². The van der Waals surface area contributed by atoms with E-state index in [1.165, 1.54) is 25.6 Å². The number of aryl methyl sites for hydroxylation is 1. The Hall–Kier alpha value is -3.68. The summed E-state index contributed by atoms with van der Waals surface area (Å²) >= 11 is 0. The molecule has 140 valence electrons. The highest BCUT2D eigenvalue weighted by molar-refractivity contribution is 5.98. The van der Waals surface area contributed by atoms with Crippen molar-refractivity contribution in [3.05, 3.63) is 58.0 Å². The zero-order chi connectivity index (χ0) is 19.6. The summed E-state index contributed by atoms with van der Waals surface area (Å²) in [6, 6.07) is 4.70. The number of carbonyl (C=O) groups excluding carboxylic acids is 1. The molecule has 1 aliphatic heterocycles. The van der Waals surface area contributed by atoms with E-state index in [9.17, 15) is 14.0 Å². The van der Waals surface area contributed by atoms with Crippen molar-refractivity contribution in [2.75, 3.05) is 6.61 Å². The van der Waals surface area contributed by atoms with E-state index in [0.29, 0.717) is 22.5 Å². The van der Waals surface area contributed by atoms with Crippen molar-refractivity contribution in [1.82, 2.24) is 9.55 Å². The van der Waals surface area contributed by atoms with Gasteiger partial charge in [0.1, 0.15) is 16.6 Å². The molecule has 0 fully saturated rings. The number of aromatic nitrogens is 2. The number of fused-ring (bicyclic) bond motifs is 3. The third kappa shape index (κ3) is 2.11. The van der Waals surface area contributed by atoms with Crippen LogP contribution < -0.4 is 10.2 Å². The van der Waals surface area contributed by atoms with Gasteiger partial charge in [0.05, 0.1) is 17.7 Å². The maximum absolute atomic E-state index is 14.8. The minimum Gasteiger partial charge on any atom is -0.462 e. The predicted molar refractivity (Wildman–Crippen MR) is 97.8 cm³/mol. The molecule has 0 amide bonds. The first-order valence-corrected chi connectivity index (χ1v) is 8.60. The van der Waals surface area contributed by atoms with E-state index >= 15 is 0 Å². The van der Waals surface area contributed by atoms with Crippen molar-refractivity contribution in [3.8, 4) is 17.2 Å². The summed E-state index contributed by atoms with van der Waals surface area (Å²) in [6.07, 6.45) is 2.64. The summed E-state index contributed by atoms with van der Waals surface area (Å²) in [4.78, 5) is 29.3. The summed E-state index contributed by atoms with van der Waals surface area (Å²) in [5.41, 5.74) is 1.32. The Morgan fingerprint density at radius 3 is 2.93 bits per heavy atom. The number of ether oxygens (including phenoxy) is 2. The van der Waals surface area contributed by atoms with Crippen LogP contribution in [-0.2, 0) is 4.74 Å². The van der Waals surface area contributed by atoms with E-state index in [0.717, 1.165) is 0 Å². The van der Waals surface area contributed by atoms with Gasteiger partial charge in [-0.05, 0) is 25.5 Å². The van der Waals surface area contributed by atoms with Crippen molar-refractivity contribution in [2.24, 2.45) is 0 Å². The fraction of sp³-hybridized carbons (Fsp3) is 0.150. The average molecular weight is 380 g/mol. The zero-order valence-corrected chi connectivity index (χ0v) is 14.9. The molecule has 5 rings (SSSR count). The summed E-state index contributed by atoms with van der Waals surface area (Å²) in [6.45, 7) is 3.32. The SMILES string of the molecule is CCOC(=O)c1cn2c3c(c(F)c(C)cc3c1=O)Oc1cc3ncoc3cc1-2. The monoisotopic (exact) mass is 380 g/mol. The number of oxazole rings is 1. The first kappa shape index (κ1) is 16.5. The molecule has 0 spiro atoms. The second kappa shape index (κ2) is 5.66. The van der Waals surface area contributed by atoms with Gasteiger partial charge in [-0.1, -0.05) is 0 Å². The zero-order valence-electron chi connectivity index (χ0n) is 14.9. The molecule has 1 aliphatic rings. The van der Waals surface area contributed by atoms with Crippen molar-refractivity contribution < 1.29 is 23.1 Å². The van der Waals surface area contributed by atoms with Crippen LogP contribution in [0, 0.1) is 12.7 Å². The van der Waals surface area contributed by atoms with Gasteiger partial charge in [-0.2, -0.15) is 0 Å². The third-order valence-corrected chi connectivity index (χ3v) is 4.74. The highest BCUT2D eigenvalue weighted by Gasteiger charge is 2.28. The maximum Gasteiger partial charge on any atom is 0.343 e. The Balaban J connectivity index is 1.94. The molecule has 0 saturated carbocycles. The fourth-order valence-electron chi connectivity index (χ4n) is 3.45. The molecule has 2 aromatic heterocycles. The molecule has 0 unspecified atom stereocenters. The van der Waals surface area contributed by atoms with E-state index < -0.39 is 17.2 Å². The minimum atomic E-state index is -0.740. The van der Waals surface area contributed by atoms with Crippen LogP contribution >= 0.6 is 0 Å². The second-order valence-electron chi connectivity index (χ2n) is 6.44.